The van der Waals surface area contributed by atoms with Crippen LogP contribution in [0.25, 0.3) is 11.2 Å². The number of aromatic nitrogens is 4. The number of halogens is 1. The van der Waals surface area contributed by atoms with Crippen LogP contribution in [0.1, 0.15) is 0 Å². The van der Waals surface area contributed by atoms with E-state index in [1.165, 1.54) is 0 Å². The highest BCUT2D eigenvalue weighted by Gasteiger charge is 2.05. The van der Waals surface area contributed by atoms with Crippen LogP contribution in [0.2, 0.25) is 5.15 Å². The third kappa shape index (κ3) is 2.08. The SMILES string of the molecule is Clc1ncccc1Oc1ccc2nccnc2n1. The van der Waals surface area contributed by atoms with Crippen molar-refractivity contribution in [2.24, 2.45) is 0 Å². The molecule has 0 aliphatic heterocycles. The topological polar surface area (TPSA) is 60.8 Å². The predicted octanol–water partition coefficient (Wildman–Crippen LogP) is 2.87. The molecule has 0 aliphatic rings. The summed E-state index contributed by atoms with van der Waals surface area (Å²) in [6.07, 6.45) is 4.78. The number of hydrogen-bond acceptors (Lipinski definition) is 5. The Balaban J connectivity index is 1.98. The first-order chi connectivity index (χ1) is 8.83. The van der Waals surface area contributed by atoms with Gasteiger partial charge in [0, 0.05) is 24.7 Å². The molecule has 6 heteroatoms. The standard InChI is InChI=1S/C12H7ClN4O/c13-11-9(2-1-5-15-11)18-10-4-3-8-12(17-10)16-7-6-14-8/h1-7H. The molecular formula is C12H7ClN4O. The molecule has 3 aromatic heterocycles. The minimum Gasteiger partial charge on any atom is -0.436 e. The van der Waals surface area contributed by atoms with Crippen molar-refractivity contribution < 1.29 is 4.74 Å². The fourth-order valence-corrected chi connectivity index (χ4v) is 1.61. The summed E-state index contributed by atoms with van der Waals surface area (Å²) in [5.41, 5.74) is 1.23. The number of hydrogen-bond donors (Lipinski definition) is 0. The van der Waals surface area contributed by atoms with Crippen molar-refractivity contribution in [3.63, 3.8) is 0 Å². The van der Waals surface area contributed by atoms with Gasteiger partial charge >= 0.3 is 0 Å². The minimum atomic E-state index is 0.290. The predicted molar refractivity (Wildman–Crippen MR) is 66.7 cm³/mol. The molecule has 0 fully saturated rings. The molecule has 0 bridgehead atoms. The van der Waals surface area contributed by atoms with Gasteiger partial charge in [0.05, 0.1) is 0 Å². The lowest BCUT2D eigenvalue weighted by Gasteiger charge is -2.05. The Morgan fingerprint density at radius 3 is 2.72 bits per heavy atom. The van der Waals surface area contributed by atoms with Gasteiger partial charge in [-0.05, 0) is 18.2 Å². The molecule has 18 heavy (non-hydrogen) atoms. The monoisotopic (exact) mass is 258 g/mol. The van der Waals surface area contributed by atoms with Gasteiger partial charge in [-0.1, -0.05) is 11.6 Å². The van der Waals surface area contributed by atoms with Crippen LogP contribution < -0.4 is 4.74 Å². The minimum absolute atomic E-state index is 0.290. The van der Waals surface area contributed by atoms with E-state index < -0.39 is 0 Å². The molecule has 88 valence electrons. The highest BCUT2D eigenvalue weighted by Crippen LogP contribution is 2.26. The summed E-state index contributed by atoms with van der Waals surface area (Å²) < 4.78 is 5.54. The molecule has 0 saturated carbocycles. The number of rotatable bonds is 2. The van der Waals surface area contributed by atoms with Gasteiger partial charge in [-0.3, -0.25) is 4.98 Å². The molecule has 0 saturated heterocycles. The number of nitrogens with zero attached hydrogens (tertiary/aromatic N) is 4. The van der Waals surface area contributed by atoms with Gasteiger partial charge in [0.2, 0.25) is 5.88 Å². The summed E-state index contributed by atoms with van der Waals surface area (Å²) in [5.74, 6) is 0.854. The van der Waals surface area contributed by atoms with Crippen LogP contribution in [0.3, 0.4) is 0 Å². The quantitative estimate of drug-likeness (QED) is 0.662. The first-order valence-electron chi connectivity index (χ1n) is 5.19. The molecule has 0 atom stereocenters. The number of ether oxygens (including phenoxy) is 1. The maximum atomic E-state index is 5.90. The Kier molecular flexibility index (Phi) is 2.74. The average Bonchev–Trinajstić information content (AvgIpc) is 2.41. The van der Waals surface area contributed by atoms with E-state index >= 15 is 0 Å². The van der Waals surface area contributed by atoms with Crippen LogP contribution in [0.5, 0.6) is 11.6 Å². The van der Waals surface area contributed by atoms with Crippen LogP contribution in [-0.4, -0.2) is 19.9 Å². The maximum Gasteiger partial charge on any atom is 0.221 e. The second-order valence-electron chi connectivity index (χ2n) is 3.44. The summed E-state index contributed by atoms with van der Waals surface area (Å²) in [6.45, 7) is 0. The first-order valence-corrected chi connectivity index (χ1v) is 5.57. The van der Waals surface area contributed by atoms with Crippen LogP contribution in [0.4, 0.5) is 0 Å². The van der Waals surface area contributed by atoms with Crippen molar-refractivity contribution in [3.05, 3.63) is 48.0 Å². The fourth-order valence-electron chi connectivity index (χ4n) is 1.45. The average molecular weight is 259 g/mol. The lowest BCUT2D eigenvalue weighted by atomic mass is 10.4. The molecule has 0 aliphatic carbocycles. The fraction of sp³-hybridized carbons (Fsp3) is 0. The Labute approximate surface area is 107 Å². The zero-order chi connectivity index (χ0) is 12.4. The smallest absolute Gasteiger partial charge is 0.221 e. The summed E-state index contributed by atoms with van der Waals surface area (Å²) in [5, 5.41) is 0.290. The lowest BCUT2D eigenvalue weighted by Crippen LogP contribution is -1.92. The molecule has 3 aromatic rings. The van der Waals surface area contributed by atoms with Gasteiger partial charge < -0.3 is 4.74 Å². The zero-order valence-electron chi connectivity index (χ0n) is 9.12. The van der Waals surface area contributed by atoms with E-state index in [4.69, 9.17) is 16.3 Å². The summed E-state index contributed by atoms with van der Waals surface area (Å²) >= 11 is 5.90. The highest BCUT2D eigenvalue weighted by molar-refractivity contribution is 6.30. The molecule has 0 aromatic carbocycles. The Hall–Kier alpha value is -2.27. The summed E-state index contributed by atoms with van der Waals surface area (Å²) in [4.78, 5) is 16.4. The van der Waals surface area contributed by atoms with Crippen molar-refractivity contribution in [3.8, 4) is 11.6 Å². The van der Waals surface area contributed by atoms with Gasteiger partial charge in [-0.25, -0.2) is 9.97 Å². The van der Waals surface area contributed by atoms with Gasteiger partial charge in [0.15, 0.2) is 16.5 Å². The van der Waals surface area contributed by atoms with E-state index in [0.29, 0.717) is 27.9 Å². The summed E-state index contributed by atoms with van der Waals surface area (Å²) in [7, 11) is 0. The van der Waals surface area contributed by atoms with Gasteiger partial charge in [0.25, 0.3) is 0 Å². The third-order valence-electron chi connectivity index (χ3n) is 2.25. The van der Waals surface area contributed by atoms with E-state index in [0.717, 1.165) is 0 Å². The molecule has 0 amide bonds. The first kappa shape index (κ1) is 10.9. The highest BCUT2D eigenvalue weighted by atomic mass is 35.5. The Morgan fingerprint density at radius 2 is 1.83 bits per heavy atom. The Morgan fingerprint density at radius 1 is 0.944 bits per heavy atom. The second-order valence-corrected chi connectivity index (χ2v) is 3.80. The number of pyridine rings is 2. The maximum absolute atomic E-state index is 5.90. The number of fused-ring (bicyclic) bond motifs is 1. The molecule has 0 spiro atoms. The normalized spacial score (nSPS) is 10.5. The van der Waals surface area contributed by atoms with E-state index in [2.05, 4.69) is 19.9 Å². The van der Waals surface area contributed by atoms with Crippen LogP contribution in [0, 0.1) is 0 Å². The van der Waals surface area contributed by atoms with Crippen LogP contribution >= 0.6 is 11.6 Å². The molecule has 0 unspecified atom stereocenters. The van der Waals surface area contributed by atoms with Crippen LogP contribution in [0.15, 0.2) is 42.9 Å². The molecule has 3 rings (SSSR count). The van der Waals surface area contributed by atoms with Crippen molar-refractivity contribution >= 4 is 22.8 Å². The lowest BCUT2D eigenvalue weighted by molar-refractivity contribution is 0.463. The molecular weight excluding hydrogens is 252 g/mol. The van der Waals surface area contributed by atoms with Crippen molar-refractivity contribution in [2.75, 3.05) is 0 Å². The van der Waals surface area contributed by atoms with E-state index in [1.54, 1.807) is 42.9 Å². The zero-order valence-corrected chi connectivity index (χ0v) is 9.87. The van der Waals surface area contributed by atoms with Crippen molar-refractivity contribution in [2.45, 2.75) is 0 Å². The largest absolute Gasteiger partial charge is 0.436 e. The van der Waals surface area contributed by atoms with Crippen molar-refractivity contribution in [1.29, 1.82) is 0 Å². The molecule has 0 radical (unpaired) electrons. The van der Waals surface area contributed by atoms with Gasteiger partial charge in [-0.15, -0.1) is 0 Å². The summed E-state index contributed by atoms with van der Waals surface area (Å²) in [6, 6.07) is 6.95. The van der Waals surface area contributed by atoms with Gasteiger partial charge in [-0.2, -0.15) is 4.98 Å². The van der Waals surface area contributed by atoms with Crippen molar-refractivity contribution in [1.82, 2.24) is 19.9 Å². The van der Waals surface area contributed by atoms with Gasteiger partial charge in [0.1, 0.15) is 5.52 Å². The van der Waals surface area contributed by atoms with E-state index in [9.17, 15) is 0 Å². The van der Waals surface area contributed by atoms with Crippen LogP contribution in [-0.2, 0) is 0 Å². The third-order valence-corrected chi connectivity index (χ3v) is 2.53. The van der Waals surface area contributed by atoms with E-state index in [1.807, 2.05) is 0 Å². The second kappa shape index (κ2) is 4.54. The van der Waals surface area contributed by atoms with E-state index in [-0.39, 0.29) is 0 Å². The molecule has 5 nitrogen and oxygen atoms in total. The molecule has 0 N–H and O–H groups in total. The molecule has 3 heterocycles. The Bertz CT molecular complexity index is 704.